The molecule has 0 aliphatic heterocycles. The van der Waals surface area contributed by atoms with E-state index in [1.807, 2.05) is 39.1 Å². The minimum atomic E-state index is -3.21. The summed E-state index contributed by atoms with van der Waals surface area (Å²) in [5.74, 6) is 0.169. The van der Waals surface area contributed by atoms with E-state index in [2.05, 4.69) is 22.2 Å². The summed E-state index contributed by atoms with van der Waals surface area (Å²) in [6, 6.07) is 10.1. The van der Waals surface area contributed by atoms with Crippen molar-refractivity contribution in [3.05, 3.63) is 35.9 Å². The lowest BCUT2D eigenvalue weighted by atomic mass is 9.97. The molecule has 4 nitrogen and oxygen atoms in total. The van der Waals surface area contributed by atoms with Gasteiger partial charge in [0.05, 0.1) is 5.75 Å². The minimum Gasteiger partial charge on any atom is -0.320 e. The smallest absolute Gasteiger partial charge is 0.212 e. The number of rotatable bonds is 9. The molecule has 1 aromatic carbocycles. The van der Waals surface area contributed by atoms with E-state index in [1.54, 1.807) is 0 Å². The highest BCUT2D eigenvalue weighted by Crippen LogP contribution is 2.15. The molecule has 5 heteroatoms. The van der Waals surface area contributed by atoms with Gasteiger partial charge in [0.2, 0.25) is 10.0 Å². The van der Waals surface area contributed by atoms with E-state index in [9.17, 15) is 8.42 Å². The molecule has 0 unspecified atom stereocenters. The Kier molecular flexibility index (Phi) is 6.65. The van der Waals surface area contributed by atoms with Crippen molar-refractivity contribution in [2.24, 2.45) is 0 Å². The van der Waals surface area contributed by atoms with Gasteiger partial charge in [0, 0.05) is 5.54 Å². The van der Waals surface area contributed by atoms with Gasteiger partial charge in [-0.1, -0.05) is 30.3 Å². The second-order valence-corrected chi connectivity index (χ2v) is 7.59. The van der Waals surface area contributed by atoms with Gasteiger partial charge >= 0.3 is 0 Å². The van der Waals surface area contributed by atoms with Gasteiger partial charge in [0.15, 0.2) is 0 Å². The maximum absolute atomic E-state index is 12.0. The summed E-state index contributed by atoms with van der Waals surface area (Å²) in [5, 5.41) is 2.96. The number of nitrogens with one attached hydrogen (secondary N) is 2. The first-order chi connectivity index (χ1) is 9.35. The number of hydrogen-bond donors (Lipinski definition) is 2. The number of hydrogen-bond acceptors (Lipinski definition) is 3. The Morgan fingerprint density at radius 1 is 1.15 bits per heavy atom. The van der Waals surface area contributed by atoms with Crippen LogP contribution in [0.1, 0.15) is 32.3 Å². The first-order valence-electron chi connectivity index (χ1n) is 7.05. The van der Waals surface area contributed by atoms with Crippen molar-refractivity contribution in [1.82, 2.24) is 10.0 Å². The third kappa shape index (κ3) is 7.03. The van der Waals surface area contributed by atoms with Gasteiger partial charge in [0.25, 0.3) is 0 Å². The normalized spacial score (nSPS) is 12.6. The standard InChI is InChI=1S/C15H26N2O2S/c1-15(2,11-10-14-8-5-4-6-9-14)17-20(18,19)13-7-12-16-3/h4-6,8-9,16-17H,7,10-13H2,1-3H3. The summed E-state index contributed by atoms with van der Waals surface area (Å²) in [6.45, 7) is 4.59. The fraction of sp³-hybridized carbons (Fsp3) is 0.600. The van der Waals surface area contributed by atoms with Crippen LogP contribution in [0.3, 0.4) is 0 Å². The molecule has 0 atom stereocenters. The predicted octanol–water partition coefficient (Wildman–Crippen LogP) is 1.93. The lowest BCUT2D eigenvalue weighted by Gasteiger charge is -2.26. The topological polar surface area (TPSA) is 58.2 Å². The van der Waals surface area contributed by atoms with Gasteiger partial charge in [0.1, 0.15) is 0 Å². The van der Waals surface area contributed by atoms with Gasteiger partial charge in [-0.25, -0.2) is 13.1 Å². The highest BCUT2D eigenvalue weighted by Gasteiger charge is 2.24. The van der Waals surface area contributed by atoms with E-state index in [1.165, 1.54) is 5.56 Å². The molecule has 0 saturated carbocycles. The van der Waals surface area contributed by atoms with E-state index < -0.39 is 15.6 Å². The van der Waals surface area contributed by atoms with E-state index >= 15 is 0 Å². The molecule has 1 aromatic rings. The van der Waals surface area contributed by atoms with E-state index in [0.717, 1.165) is 12.8 Å². The van der Waals surface area contributed by atoms with Crippen LogP contribution in [-0.4, -0.2) is 33.3 Å². The Morgan fingerprint density at radius 2 is 1.80 bits per heavy atom. The van der Waals surface area contributed by atoms with Crippen molar-refractivity contribution in [3.8, 4) is 0 Å². The minimum absolute atomic E-state index is 0.169. The van der Waals surface area contributed by atoms with Crippen LogP contribution < -0.4 is 10.0 Å². The van der Waals surface area contributed by atoms with Crippen molar-refractivity contribution in [3.63, 3.8) is 0 Å². The number of sulfonamides is 1. The van der Waals surface area contributed by atoms with E-state index in [-0.39, 0.29) is 5.75 Å². The van der Waals surface area contributed by atoms with Gasteiger partial charge in [-0.2, -0.15) is 0 Å². The summed E-state index contributed by atoms with van der Waals surface area (Å²) in [7, 11) is -1.38. The molecule has 0 aliphatic carbocycles. The van der Waals surface area contributed by atoms with Crippen LogP contribution in [0, 0.1) is 0 Å². The highest BCUT2D eigenvalue weighted by atomic mass is 32.2. The zero-order valence-corrected chi connectivity index (χ0v) is 13.5. The Labute approximate surface area is 123 Å². The maximum Gasteiger partial charge on any atom is 0.212 e. The molecule has 0 aromatic heterocycles. The molecule has 0 bridgehead atoms. The third-order valence-electron chi connectivity index (χ3n) is 3.15. The van der Waals surface area contributed by atoms with Crippen LogP contribution in [0.4, 0.5) is 0 Å². The zero-order chi connectivity index (χ0) is 15.1. The second-order valence-electron chi connectivity index (χ2n) is 5.75. The zero-order valence-electron chi connectivity index (χ0n) is 12.6. The maximum atomic E-state index is 12.0. The Morgan fingerprint density at radius 3 is 2.40 bits per heavy atom. The van der Waals surface area contributed by atoms with Gasteiger partial charge < -0.3 is 5.32 Å². The third-order valence-corrected chi connectivity index (χ3v) is 4.84. The molecule has 20 heavy (non-hydrogen) atoms. The molecule has 0 fully saturated rings. The molecule has 0 radical (unpaired) electrons. The lowest BCUT2D eigenvalue weighted by Crippen LogP contribution is -2.44. The van der Waals surface area contributed by atoms with Crippen LogP contribution >= 0.6 is 0 Å². The summed E-state index contributed by atoms with van der Waals surface area (Å²) in [6.07, 6.45) is 2.27. The molecule has 0 heterocycles. The van der Waals surface area contributed by atoms with Crippen LogP contribution in [0.15, 0.2) is 30.3 Å². The number of aryl methyl sites for hydroxylation is 1. The van der Waals surface area contributed by atoms with Crippen molar-refractivity contribution in [2.45, 2.75) is 38.6 Å². The summed E-state index contributed by atoms with van der Waals surface area (Å²) in [4.78, 5) is 0. The van der Waals surface area contributed by atoms with Crippen molar-refractivity contribution >= 4 is 10.0 Å². The molecular formula is C15H26N2O2S. The van der Waals surface area contributed by atoms with Gasteiger partial charge in [-0.3, -0.25) is 0 Å². The van der Waals surface area contributed by atoms with Crippen molar-refractivity contribution < 1.29 is 8.42 Å². The first-order valence-corrected chi connectivity index (χ1v) is 8.70. The Bertz CT molecular complexity index is 484. The first kappa shape index (κ1) is 17.1. The fourth-order valence-electron chi connectivity index (χ4n) is 2.06. The molecule has 1 rings (SSSR count). The van der Waals surface area contributed by atoms with Crippen LogP contribution in [-0.2, 0) is 16.4 Å². The van der Waals surface area contributed by atoms with Crippen LogP contribution in [0.25, 0.3) is 0 Å². The van der Waals surface area contributed by atoms with E-state index in [0.29, 0.717) is 13.0 Å². The van der Waals surface area contributed by atoms with Crippen molar-refractivity contribution in [2.75, 3.05) is 19.3 Å². The number of benzene rings is 1. The lowest BCUT2D eigenvalue weighted by molar-refractivity contribution is 0.422. The average molecular weight is 298 g/mol. The highest BCUT2D eigenvalue weighted by molar-refractivity contribution is 7.89. The second kappa shape index (κ2) is 7.76. The Balaban J connectivity index is 2.47. The molecular weight excluding hydrogens is 272 g/mol. The van der Waals surface area contributed by atoms with E-state index in [4.69, 9.17) is 0 Å². The summed E-state index contributed by atoms with van der Waals surface area (Å²) >= 11 is 0. The van der Waals surface area contributed by atoms with Crippen molar-refractivity contribution in [1.29, 1.82) is 0 Å². The monoisotopic (exact) mass is 298 g/mol. The summed E-state index contributed by atoms with van der Waals surface area (Å²) < 4.78 is 26.8. The SMILES string of the molecule is CNCCCS(=O)(=O)NC(C)(C)CCc1ccccc1. The largest absolute Gasteiger partial charge is 0.320 e. The van der Waals surface area contributed by atoms with Gasteiger partial charge in [-0.05, 0) is 52.3 Å². The Hall–Kier alpha value is -0.910. The predicted molar refractivity (Wildman–Crippen MR) is 84.3 cm³/mol. The molecule has 0 spiro atoms. The van der Waals surface area contributed by atoms with Crippen LogP contribution in [0.5, 0.6) is 0 Å². The summed E-state index contributed by atoms with van der Waals surface area (Å²) in [5.41, 5.74) is 0.809. The van der Waals surface area contributed by atoms with Crippen LogP contribution in [0.2, 0.25) is 0 Å². The quantitative estimate of drug-likeness (QED) is 0.685. The fourth-order valence-corrected chi connectivity index (χ4v) is 3.63. The molecule has 0 aliphatic rings. The molecule has 0 amide bonds. The van der Waals surface area contributed by atoms with Gasteiger partial charge in [-0.15, -0.1) is 0 Å². The molecule has 114 valence electrons. The molecule has 2 N–H and O–H groups in total. The average Bonchev–Trinajstić information content (AvgIpc) is 2.37. The molecule has 0 saturated heterocycles.